The highest BCUT2D eigenvalue weighted by molar-refractivity contribution is 5.87. The molecule has 35 heavy (non-hydrogen) atoms. The van der Waals surface area contributed by atoms with Crippen LogP contribution in [0.3, 0.4) is 0 Å². The Morgan fingerprint density at radius 3 is 2.71 bits per heavy atom. The Hall–Kier alpha value is -3.64. The van der Waals surface area contributed by atoms with E-state index in [4.69, 9.17) is 0 Å². The van der Waals surface area contributed by atoms with Gasteiger partial charge in [-0.05, 0) is 30.4 Å². The van der Waals surface area contributed by atoms with Gasteiger partial charge in [0.2, 0.25) is 5.91 Å². The molecule has 0 aromatic carbocycles. The van der Waals surface area contributed by atoms with Gasteiger partial charge in [0, 0.05) is 62.9 Å². The molecule has 1 saturated heterocycles. The van der Waals surface area contributed by atoms with Gasteiger partial charge in [-0.25, -0.2) is 14.6 Å². The Bertz CT molecular complexity index is 1170. The third-order valence-electron chi connectivity index (χ3n) is 7.28. The number of fused-ring (bicyclic) bond motifs is 2. The molecule has 2 aliphatic heterocycles. The number of halogens is 3. The molecule has 0 bridgehead atoms. The van der Waals surface area contributed by atoms with Gasteiger partial charge in [-0.2, -0.15) is 13.2 Å². The summed E-state index contributed by atoms with van der Waals surface area (Å²) >= 11 is 0. The van der Waals surface area contributed by atoms with Gasteiger partial charge in [0.25, 0.3) is 0 Å². The van der Waals surface area contributed by atoms with E-state index in [2.05, 4.69) is 15.3 Å². The Morgan fingerprint density at radius 1 is 1.23 bits per heavy atom. The number of hydrogen-bond donors (Lipinski definition) is 2. The first-order chi connectivity index (χ1) is 16.6. The van der Waals surface area contributed by atoms with Crippen LogP contribution < -0.4 is 5.32 Å². The summed E-state index contributed by atoms with van der Waals surface area (Å²) in [6.07, 6.45) is 0.322. The normalized spacial score (nSPS) is 25.8. The maximum atomic E-state index is 13.9. The number of imidazole rings is 1. The molecule has 1 aliphatic carbocycles. The molecule has 2 aromatic rings. The molecule has 2 aromatic heterocycles. The van der Waals surface area contributed by atoms with E-state index < -0.39 is 29.3 Å². The van der Waals surface area contributed by atoms with E-state index in [-0.39, 0.29) is 50.5 Å². The number of carbonyl (C=O) groups is 3. The largest absolute Gasteiger partial charge is 0.465 e. The zero-order chi connectivity index (χ0) is 25.0. The zero-order valence-corrected chi connectivity index (χ0v) is 18.5. The highest BCUT2D eigenvalue weighted by Crippen LogP contribution is 2.50. The molecule has 4 heterocycles. The van der Waals surface area contributed by atoms with Crippen molar-refractivity contribution in [3.05, 3.63) is 47.8 Å². The summed E-state index contributed by atoms with van der Waals surface area (Å²) in [6.45, 7) is 0.622. The van der Waals surface area contributed by atoms with Crippen LogP contribution in [0.5, 0.6) is 0 Å². The predicted octanol–water partition coefficient (Wildman–Crippen LogP) is 2.20. The number of rotatable bonds is 2. The van der Waals surface area contributed by atoms with Gasteiger partial charge in [-0.1, -0.05) is 0 Å². The SMILES string of the molecule is O=C(O)N[C@@H]1C[C@H]2CN(C(=O)n3ccnc3)C[C@@]2(C(=O)N2CCc3ncc(C(F)(F)F)cc3C2)C1. The molecule has 2 N–H and O–H groups in total. The summed E-state index contributed by atoms with van der Waals surface area (Å²) in [4.78, 5) is 49.0. The van der Waals surface area contributed by atoms with Crippen LogP contribution in [0.1, 0.15) is 29.7 Å². The van der Waals surface area contributed by atoms with E-state index in [1.807, 2.05) is 0 Å². The van der Waals surface area contributed by atoms with E-state index in [0.717, 1.165) is 12.3 Å². The number of alkyl halides is 3. The van der Waals surface area contributed by atoms with E-state index in [1.54, 1.807) is 4.90 Å². The van der Waals surface area contributed by atoms with Gasteiger partial charge in [-0.3, -0.25) is 14.3 Å². The Kier molecular flexibility index (Phi) is 5.44. The smallest absolute Gasteiger partial charge is 0.417 e. The topological polar surface area (TPSA) is 121 Å². The number of carbonyl (C=O) groups excluding carboxylic acids is 2. The minimum atomic E-state index is -4.54. The number of amides is 3. The van der Waals surface area contributed by atoms with Gasteiger partial charge in [0.1, 0.15) is 6.33 Å². The maximum Gasteiger partial charge on any atom is 0.417 e. The summed E-state index contributed by atoms with van der Waals surface area (Å²) in [6, 6.07) is 0.238. The van der Waals surface area contributed by atoms with Gasteiger partial charge < -0.3 is 20.2 Å². The third-order valence-corrected chi connectivity index (χ3v) is 7.28. The standard InChI is InChI=1S/C22H23F3N6O4/c23-22(24,25)14-5-13-9-29(3-1-17(13)27-8-14)18(32)21-7-16(28-19(33)34)6-15(21)10-31(11-21)20(35)30-4-2-26-12-30/h2,4-5,8,12,15-16,28H,1,3,6-7,9-11H2,(H,33,34)/t15-,16+,21-/m0/s1. The lowest BCUT2D eigenvalue weighted by Gasteiger charge is -2.37. The number of hydrogen-bond acceptors (Lipinski definition) is 5. The highest BCUT2D eigenvalue weighted by Gasteiger charge is 2.60. The van der Waals surface area contributed by atoms with Gasteiger partial charge in [-0.15, -0.1) is 0 Å². The second kappa shape index (κ2) is 8.24. The average molecular weight is 492 g/mol. The lowest BCUT2D eigenvalue weighted by Crippen LogP contribution is -2.49. The quantitative estimate of drug-likeness (QED) is 0.663. The van der Waals surface area contributed by atoms with Crippen molar-refractivity contribution < 1.29 is 32.7 Å². The number of aromatic nitrogens is 3. The first-order valence-corrected chi connectivity index (χ1v) is 11.2. The average Bonchev–Trinajstić information content (AvgIpc) is 3.52. The minimum Gasteiger partial charge on any atom is -0.465 e. The van der Waals surface area contributed by atoms with E-state index >= 15 is 0 Å². The number of nitrogens with one attached hydrogen (secondary N) is 1. The van der Waals surface area contributed by atoms with Crippen LogP contribution in [-0.4, -0.2) is 73.1 Å². The molecule has 0 spiro atoms. The fraction of sp³-hybridized carbons (Fsp3) is 0.500. The van der Waals surface area contributed by atoms with E-state index in [9.17, 15) is 32.7 Å². The van der Waals surface area contributed by atoms with E-state index in [0.29, 0.717) is 24.1 Å². The van der Waals surface area contributed by atoms with Crippen molar-refractivity contribution in [3.8, 4) is 0 Å². The molecule has 3 atom stereocenters. The first kappa shape index (κ1) is 23.1. The third kappa shape index (κ3) is 4.08. The second-order valence-electron chi connectivity index (χ2n) is 9.38. The fourth-order valence-electron chi connectivity index (χ4n) is 5.74. The van der Waals surface area contributed by atoms with Crippen LogP contribution in [0.25, 0.3) is 0 Å². The molecular formula is C22H23F3N6O4. The number of nitrogens with zero attached hydrogens (tertiary/aromatic N) is 5. The van der Waals surface area contributed by atoms with E-state index in [1.165, 1.54) is 28.2 Å². The zero-order valence-electron chi connectivity index (χ0n) is 18.5. The molecule has 3 aliphatic rings. The van der Waals surface area contributed by atoms with Crippen LogP contribution in [-0.2, 0) is 23.9 Å². The minimum absolute atomic E-state index is 0.0218. The second-order valence-corrected chi connectivity index (χ2v) is 9.38. The predicted molar refractivity (Wildman–Crippen MR) is 113 cm³/mol. The number of pyridine rings is 1. The van der Waals surface area contributed by atoms with Crippen molar-refractivity contribution in [2.45, 2.75) is 38.0 Å². The van der Waals surface area contributed by atoms with Crippen LogP contribution in [0.4, 0.5) is 22.8 Å². The summed E-state index contributed by atoms with van der Waals surface area (Å²) in [7, 11) is 0. The highest BCUT2D eigenvalue weighted by atomic mass is 19.4. The van der Waals surface area contributed by atoms with Crippen molar-refractivity contribution in [1.82, 2.24) is 29.7 Å². The van der Waals surface area contributed by atoms with Crippen molar-refractivity contribution in [1.29, 1.82) is 0 Å². The number of carboxylic acid groups (broad SMARTS) is 1. The Labute approximate surface area is 197 Å². The summed E-state index contributed by atoms with van der Waals surface area (Å²) in [5, 5.41) is 11.7. The summed E-state index contributed by atoms with van der Waals surface area (Å²) in [5.41, 5.74) is -1.03. The molecule has 10 nitrogen and oxygen atoms in total. The molecule has 186 valence electrons. The van der Waals surface area contributed by atoms with Crippen LogP contribution >= 0.6 is 0 Å². The molecule has 3 amide bonds. The lowest BCUT2D eigenvalue weighted by atomic mass is 9.78. The monoisotopic (exact) mass is 492 g/mol. The van der Waals surface area contributed by atoms with Crippen molar-refractivity contribution >= 4 is 18.0 Å². The molecule has 13 heteroatoms. The van der Waals surface area contributed by atoms with Crippen molar-refractivity contribution in [2.24, 2.45) is 11.3 Å². The first-order valence-electron chi connectivity index (χ1n) is 11.2. The van der Waals surface area contributed by atoms with Crippen LogP contribution in [0, 0.1) is 11.3 Å². The van der Waals surface area contributed by atoms with Gasteiger partial charge >= 0.3 is 18.3 Å². The van der Waals surface area contributed by atoms with Gasteiger partial charge in [0.15, 0.2) is 0 Å². The maximum absolute atomic E-state index is 13.9. The fourth-order valence-corrected chi connectivity index (χ4v) is 5.74. The summed E-state index contributed by atoms with van der Waals surface area (Å²) in [5.74, 6) is -0.568. The van der Waals surface area contributed by atoms with Crippen LogP contribution in [0.15, 0.2) is 31.0 Å². The Morgan fingerprint density at radius 2 is 2.03 bits per heavy atom. The van der Waals surface area contributed by atoms with Crippen molar-refractivity contribution in [2.75, 3.05) is 19.6 Å². The molecule has 1 saturated carbocycles. The van der Waals surface area contributed by atoms with Gasteiger partial charge in [0.05, 0.1) is 11.0 Å². The lowest BCUT2D eigenvalue weighted by molar-refractivity contribution is -0.143. The molecule has 0 radical (unpaired) electrons. The molecule has 0 unspecified atom stereocenters. The molecule has 5 rings (SSSR count). The molecular weight excluding hydrogens is 469 g/mol. The molecule has 2 fully saturated rings. The van der Waals surface area contributed by atoms with Crippen LogP contribution in [0.2, 0.25) is 0 Å². The van der Waals surface area contributed by atoms with Crippen molar-refractivity contribution in [3.63, 3.8) is 0 Å². The Balaban J connectivity index is 1.41. The summed E-state index contributed by atoms with van der Waals surface area (Å²) < 4.78 is 40.9. The number of likely N-dealkylation sites (tertiary alicyclic amines) is 1.